The summed E-state index contributed by atoms with van der Waals surface area (Å²) >= 11 is 0. The van der Waals surface area contributed by atoms with Crippen molar-refractivity contribution in [3.05, 3.63) is 96.1 Å². The fraction of sp³-hybridized carbons (Fsp3) is 0.258. The summed E-state index contributed by atoms with van der Waals surface area (Å²) in [5.41, 5.74) is 8.04. The fourth-order valence-electron chi connectivity index (χ4n) is 5.29. The van der Waals surface area contributed by atoms with Gasteiger partial charge in [0.25, 0.3) is 0 Å². The van der Waals surface area contributed by atoms with Gasteiger partial charge in [0.1, 0.15) is 0 Å². The molecule has 1 N–H and O–H groups in total. The number of fused-ring (bicyclic) bond motifs is 2. The van der Waals surface area contributed by atoms with E-state index in [-0.39, 0.29) is 6.04 Å². The molecule has 0 atom stereocenters. The number of para-hydroxylation sites is 3. The van der Waals surface area contributed by atoms with Gasteiger partial charge in [-0.15, -0.1) is 0 Å². The molecule has 0 unspecified atom stereocenters. The predicted octanol–water partition coefficient (Wildman–Crippen LogP) is 6.44. The van der Waals surface area contributed by atoms with E-state index in [1.807, 2.05) is 31.6 Å². The lowest BCUT2D eigenvalue weighted by Gasteiger charge is -2.25. The summed E-state index contributed by atoms with van der Waals surface area (Å²) in [6.45, 7) is 2.05. The van der Waals surface area contributed by atoms with Crippen LogP contribution in [0.3, 0.4) is 0 Å². The van der Waals surface area contributed by atoms with Crippen LogP contribution in [0.4, 0.5) is 11.4 Å². The number of benzene rings is 3. The van der Waals surface area contributed by atoms with Crippen molar-refractivity contribution in [3.63, 3.8) is 0 Å². The summed E-state index contributed by atoms with van der Waals surface area (Å²) in [6.07, 6.45) is 8.19. The van der Waals surface area contributed by atoms with Crippen LogP contribution in [0.25, 0.3) is 28.1 Å². The molecule has 1 fully saturated rings. The zero-order valence-electron chi connectivity index (χ0n) is 21.3. The highest BCUT2D eigenvalue weighted by Gasteiger charge is 2.21. The van der Waals surface area contributed by atoms with Crippen LogP contribution < -0.4 is 10.7 Å². The summed E-state index contributed by atoms with van der Waals surface area (Å²) in [5.74, 6) is 0. The molecule has 2 aromatic carbocycles. The number of nitrogens with one attached hydrogen (secondary N) is 1. The number of aromatic nitrogens is 3. The maximum Gasteiger partial charge on any atom is 0.0900 e. The van der Waals surface area contributed by atoms with Crippen LogP contribution in [0.15, 0.2) is 90.2 Å². The molecular formula is C31H31N5O. The first-order valence-corrected chi connectivity index (χ1v) is 12.9. The zero-order chi connectivity index (χ0) is 25.2. The lowest BCUT2D eigenvalue weighted by atomic mass is 9.93. The second-order valence-electron chi connectivity index (χ2n) is 9.80. The quantitative estimate of drug-likeness (QED) is 0.289. The first kappa shape index (κ1) is 23.4. The van der Waals surface area contributed by atoms with E-state index >= 15 is 0 Å². The smallest absolute Gasteiger partial charge is 0.0900 e. The number of ether oxygens (including phenoxy) is 1. The van der Waals surface area contributed by atoms with E-state index < -0.39 is 0 Å². The highest BCUT2D eigenvalue weighted by Crippen LogP contribution is 2.31. The molecule has 186 valence electrons. The predicted molar refractivity (Wildman–Crippen MR) is 149 cm³/mol. The number of anilines is 2. The van der Waals surface area contributed by atoms with Crippen molar-refractivity contribution < 1.29 is 4.74 Å². The van der Waals surface area contributed by atoms with Crippen LogP contribution in [0.2, 0.25) is 0 Å². The van der Waals surface area contributed by atoms with Crippen LogP contribution in [0.5, 0.6) is 0 Å². The summed E-state index contributed by atoms with van der Waals surface area (Å²) in [5, 5.41) is 4.53. The van der Waals surface area contributed by atoms with Gasteiger partial charge in [-0.3, -0.25) is 9.98 Å². The van der Waals surface area contributed by atoms with Crippen LogP contribution in [-0.4, -0.2) is 33.8 Å². The molecule has 2 aliphatic carbocycles. The Morgan fingerprint density at radius 2 is 1.70 bits per heavy atom. The van der Waals surface area contributed by atoms with Gasteiger partial charge in [0.2, 0.25) is 0 Å². The minimum Gasteiger partial charge on any atom is -0.381 e. The fourth-order valence-corrected chi connectivity index (χ4v) is 5.29. The van der Waals surface area contributed by atoms with E-state index in [0.717, 1.165) is 76.1 Å². The topological polar surface area (TPSA) is 64.3 Å². The maximum absolute atomic E-state index is 5.59. The van der Waals surface area contributed by atoms with Crippen LogP contribution >= 0.6 is 0 Å². The van der Waals surface area contributed by atoms with Crippen molar-refractivity contribution in [1.29, 1.82) is 0 Å². The van der Waals surface area contributed by atoms with Crippen molar-refractivity contribution in [2.24, 2.45) is 4.99 Å². The molecule has 0 amide bonds. The number of nitrogens with zero attached hydrogens (tertiary/aromatic N) is 4. The van der Waals surface area contributed by atoms with Gasteiger partial charge in [-0.2, -0.15) is 0 Å². The van der Waals surface area contributed by atoms with Crippen LogP contribution in [-0.2, 0) is 4.74 Å². The number of aryl methyl sites for hydroxylation is 1. The molecule has 3 aliphatic rings. The third-order valence-electron chi connectivity index (χ3n) is 7.16. The number of rotatable bonds is 5. The SMILES string of the molecule is COC1CCC(/N=c2\cc3n(-c4ccccc4)c4ccccc4nc-3cc2Nc2cncc(C)c2)CC1. The number of hydrogen-bond acceptors (Lipinski definition) is 5. The molecular weight excluding hydrogens is 458 g/mol. The first-order valence-electron chi connectivity index (χ1n) is 12.9. The van der Waals surface area contributed by atoms with Crippen LogP contribution in [0.1, 0.15) is 31.2 Å². The minimum absolute atomic E-state index is 0.263. The molecule has 0 saturated heterocycles. The minimum atomic E-state index is 0.263. The Bertz CT molecular complexity index is 1570. The number of hydrogen-bond donors (Lipinski definition) is 1. The van der Waals surface area contributed by atoms with Crippen molar-refractivity contribution in [1.82, 2.24) is 14.5 Å². The Morgan fingerprint density at radius 1 is 0.919 bits per heavy atom. The molecule has 6 rings (SSSR count). The Morgan fingerprint density at radius 3 is 2.49 bits per heavy atom. The highest BCUT2D eigenvalue weighted by atomic mass is 16.5. The molecule has 6 nitrogen and oxygen atoms in total. The van der Waals surface area contributed by atoms with E-state index in [1.54, 1.807) is 0 Å². The lowest BCUT2D eigenvalue weighted by molar-refractivity contribution is 0.0663. The molecule has 3 aromatic rings. The molecule has 2 heterocycles. The van der Waals surface area contributed by atoms with E-state index in [1.165, 1.54) is 0 Å². The van der Waals surface area contributed by atoms with Gasteiger partial charge in [-0.25, -0.2) is 4.98 Å². The van der Waals surface area contributed by atoms with Crippen molar-refractivity contribution in [2.75, 3.05) is 12.4 Å². The average molecular weight is 490 g/mol. The molecule has 6 heteroatoms. The molecule has 1 aliphatic heterocycles. The van der Waals surface area contributed by atoms with Gasteiger partial charge < -0.3 is 14.6 Å². The summed E-state index contributed by atoms with van der Waals surface area (Å²) in [6, 6.07) is 25.4. The standard InChI is InChI=1S/C31H31N5O/c1-21-16-23(20-32-19-21)34-27-17-29-31(18-28(27)33-22-12-14-25(37-2)15-13-22)36(24-8-4-3-5-9-24)30-11-7-6-10-26(30)35-29/h3-11,16-20,22,25,34H,12-15H2,1-2H3/b33-28+. The van der Waals surface area contributed by atoms with Crippen LogP contribution in [0, 0.1) is 6.92 Å². The molecule has 0 spiro atoms. The normalized spacial score (nSPS) is 18.4. The van der Waals surface area contributed by atoms with Gasteiger partial charge in [0, 0.05) is 19.0 Å². The number of pyridine rings is 1. The van der Waals surface area contributed by atoms with Crippen molar-refractivity contribution in [2.45, 2.75) is 44.8 Å². The summed E-state index contributed by atoms with van der Waals surface area (Å²) < 4.78 is 7.88. The van der Waals surface area contributed by atoms with E-state index in [2.05, 4.69) is 82.5 Å². The Balaban J connectivity index is 1.57. The van der Waals surface area contributed by atoms with E-state index in [0.29, 0.717) is 6.10 Å². The molecule has 0 bridgehead atoms. The van der Waals surface area contributed by atoms with Crippen molar-refractivity contribution in [3.8, 4) is 17.1 Å². The highest BCUT2D eigenvalue weighted by molar-refractivity contribution is 5.84. The van der Waals surface area contributed by atoms with Gasteiger partial charge >= 0.3 is 0 Å². The zero-order valence-corrected chi connectivity index (χ0v) is 21.3. The van der Waals surface area contributed by atoms with E-state index in [4.69, 9.17) is 14.7 Å². The third-order valence-corrected chi connectivity index (χ3v) is 7.16. The monoisotopic (exact) mass is 489 g/mol. The Hall–Kier alpha value is -4.03. The molecule has 1 saturated carbocycles. The largest absolute Gasteiger partial charge is 0.381 e. The lowest BCUT2D eigenvalue weighted by Crippen LogP contribution is -2.25. The summed E-state index contributed by atoms with van der Waals surface area (Å²) in [4.78, 5) is 14.7. The second kappa shape index (κ2) is 10.1. The van der Waals surface area contributed by atoms with Gasteiger partial charge in [-0.1, -0.05) is 30.3 Å². The van der Waals surface area contributed by atoms with Gasteiger partial charge in [0.05, 0.1) is 57.5 Å². The van der Waals surface area contributed by atoms with Crippen molar-refractivity contribution >= 4 is 22.4 Å². The second-order valence-corrected chi connectivity index (χ2v) is 9.80. The average Bonchev–Trinajstić information content (AvgIpc) is 2.93. The molecule has 1 aromatic heterocycles. The first-order chi connectivity index (χ1) is 18.2. The molecule has 37 heavy (non-hydrogen) atoms. The molecule has 0 radical (unpaired) electrons. The maximum atomic E-state index is 5.59. The van der Waals surface area contributed by atoms with Gasteiger partial charge in [-0.05, 0) is 80.6 Å². The number of methoxy groups -OCH3 is 1. The summed E-state index contributed by atoms with van der Waals surface area (Å²) in [7, 11) is 1.81. The van der Waals surface area contributed by atoms with Gasteiger partial charge in [0.15, 0.2) is 0 Å². The third kappa shape index (κ3) is 4.85. The Labute approximate surface area is 217 Å². The van der Waals surface area contributed by atoms with E-state index in [9.17, 15) is 0 Å². The Kier molecular flexibility index (Phi) is 6.41.